The van der Waals surface area contributed by atoms with Gasteiger partial charge in [-0.05, 0) is 24.8 Å². The molecule has 0 amide bonds. The summed E-state index contributed by atoms with van der Waals surface area (Å²) >= 11 is 0. The summed E-state index contributed by atoms with van der Waals surface area (Å²) in [5.41, 5.74) is 0.388. The van der Waals surface area contributed by atoms with Crippen LogP contribution in [0.2, 0.25) is 0 Å². The minimum absolute atomic E-state index is 0.232. The third-order valence-corrected chi connectivity index (χ3v) is 5.29. The molecule has 2 fully saturated rings. The Hall–Kier alpha value is -2.43. The Morgan fingerprint density at radius 2 is 2.09 bits per heavy atom. The SMILES string of the molecule is O=C(O)[C@@]12CCC[C@H]1CN(c1ccnc(-c3ccccc3)n1)C2. The van der Waals surface area contributed by atoms with Crippen molar-refractivity contribution in [1.82, 2.24) is 9.97 Å². The van der Waals surface area contributed by atoms with E-state index in [-0.39, 0.29) is 5.92 Å². The minimum Gasteiger partial charge on any atom is -0.481 e. The Morgan fingerprint density at radius 3 is 2.83 bits per heavy atom. The Bertz CT molecular complexity index is 734. The van der Waals surface area contributed by atoms with Crippen molar-refractivity contribution in [2.45, 2.75) is 19.3 Å². The largest absolute Gasteiger partial charge is 0.481 e. The maximum atomic E-state index is 11.8. The van der Waals surface area contributed by atoms with Crippen molar-refractivity contribution in [3.05, 3.63) is 42.6 Å². The average molecular weight is 309 g/mol. The van der Waals surface area contributed by atoms with Crippen molar-refractivity contribution in [3.63, 3.8) is 0 Å². The second-order valence-electron chi connectivity index (χ2n) is 6.54. The normalized spacial score (nSPS) is 26.3. The summed E-state index contributed by atoms with van der Waals surface area (Å²) in [6.07, 6.45) is 4.55. The first-order valence-electron chi connectivity index (χ1n) is 8.06. The zero-order valence-electron chi connectivity index (χ0n) is 12.9. The molecule has 5 nitrogen and oxygen atoms in total. The van der Waals surface area contributed by atoms with Gasteiger partial charge in [-0.2, -0.15) is 0 Å². The van der Waals surface area contributed by atoms with E-state index in [2.05, 4.69) is 14.9 Å². The lowest BCUT2D eigenvalue weighted by atomic mass is 9.81. The quantitative estimate of drug-likeness (QED) is 0.944. The van der Waals surface area contributed by atoms with Gasteiger partial charge >= 0.3 is 5.97 Å². The van der Waals surface area contributed by atoms with E-state index in [1.807, 2.05) is 36.4 Å². The van der Waals surface area contributed by atoms with E-state index in [0.29, 0.717) is 12.4 Å². The van der Waals surface area contributed by atoms with Crippen LogP contribution in [0.1, 0.15) is 19.3 Å². The highest BCUT2D eigenvalue weighted by molar-refractivity contribution is 5.78. The Balaban J connectivity index is 1.64. The summed E-state index contributed by atoms with van der Waals surface area (Å²) in [5.74, 6) is 1.09. The van der Waals surface area contributed by atoms with Crippen LogP contribution in [0.4, 0.5) is 5.82 Å². The molecule has 23 heavy (non-hydrogen) atoms. The van der Waals surface area contributed by atoms with E-state index in [1.54, 1.807) is 6.20 Å². The third kappa shape index (κ3) is 2.27. The van der Waals surface area contributed by atoms with Crippen molar-refractivity contribution in [3.8, 4) is 11.4 Å². The molecule has 0 bridgehead atoms. The molecule has 0 spiro atoms. The Kier molecular flexibility index (Phi) is 3.29. The number of hydrogen-bond acceptors (Lipinski definition) is 4. The van der Waals surface area contributed by atoms with Crippen molar-refractivity contribution in [2.75, 3.05) is 18.0 Å². The molecule has 1 aromatic carbocycles. The number of carboxylic acid groups (broad SMARTS) is 1. The summed E-state index contributed by atoms with van der Waals surface area (Å²) < 4.78 is 0. The number of benzene rings is 1. The molecule has 5 heteroatoms. The van der Waals surface area contributed by atoms with Crippen molar-refractivity contribution >= 4 is 11.8 Å². The van der Waals surface area contributed by atoms with Gasteiger partial charge in [0.15, 0.2) is 5.82 Å². The van der Waals surface area contributed by atoms with Crippen molar-refractivity contribution in [1.29, 1.82) is 0 Å². The monoisotopic (exact) mass is 309 g/mol. The standard InChI is InChI=1S/C18H19N3O2/c22-17(23)18-9-4-7-14(18)11-21(12-18)15-8-10-19-16(20-15)13-5-2-1-3-6-13/h1-3,5-6,8,10,14H,4,7,9,11-12H2,(H,22,23)/t14-,18+/m0/s1. The molecule has 1 saturated heterocycles. The minimum atomic E-state index is -0.653. The van der Waals surface area contributed by atoms with Crippen LogP contribution >= 0.6 is 0 Å². The van der Waals surface area contributed by atoms with E-state index >= 15 is 0 Å². The van der Waals surface area contributed by atoms with Gasteiger partial charge in [-0.25, -0.2) is 9.97 Å². The fourth-order valence-electron chi connectivity index (χ4n) is 4.06. The van der Waals surface area contributed by atoms with Crippen LogP contribution in [0.5, 0.6) is 0 Å². The van der Waals surface area contributed by atoms with E-state index in [0.717, 1.165) is 37.2 Å². The lowest BCUT2D eigenvalue weighted by Crippen LogP contribution is -2.35. The van der Waals surface area contributed by atoms with Crippen LogP contribution in [0, 0.1) is 11.3 Å². The molecule has 0 radical (unpaired) electrons. The zero-order chi connectivity index (χ0) is 15.9. The van der Waals surface area contributed by atoms with Crippen LogP contribution in [0.25, 0.3) is 11.4 Å². The Labute approximate surface area is 135 Å². The molecular weight excluding hydrogens is 290 g/mol. The second-order valence-corrected chi connectivity index (χ2v) is 6.54. The van der Waals surface area contributed by atoms with Crippen LogP contribution in [0.3, 0.4) is 0 Å². The van der Waals surface area contributed by atoms with E-state index in [4.69, 9.17) is 0 Å². The Morgan fingerprint density at radius 1 is 1.26 bits per heavy atom. The molecule has 4 rings (SSSR count). The maximum Gasteiger partial charge on any atom is 0.311 e. The lowest BCUT2D eigenvalue weighted by molar-refractivity contribution is -0.149. The van der Waals surface area contributed by atoms with Gasteiger partial charge in [-0.1, -0.05) is 36.8 Å². The maximum absolute atomic E-state index is 11.8. The van der Waals surface area contributed by atoms with Gasteiger partial charge in [0.1, 0.15) is 5.82 Å². The highest BCUT2D eigenvalue weighted by Crippen LogP contribution is 2.49. The zero-order valence-corrected chi connectivity index (χ0v) is 12.9. The molecule has 1 aliphatic heterocycles. The number of aromatic nitrogens is 2. The number of carboxylic acids is 1. The number of nitrogens with zero attached hydrogens (tertiary/aromatic N) is 3. The van der Waals surface area contributed by atoms with Crippen LogP contribution in [0.15, 0.2) is 42.6 Å². The molecule has 2 aromatic rings. The number of rotatable bonds is 3. The van der Waals surface area contributed by atoms with Gasteiger partial charge in [-0.15, -0.1) is 0 Å². The summed E-state index contributed by atoms with van der Waals surface area (Å²) in [6, 6.07) is 11.7. The molecule has 118 valence electrons. The van der Waals surface area contributed by atoms with Crippen molar-refractivity contribution in [2.24, 2.45) is 11.3 Å². The predicted molar refractivity (Wildman–Crippen MR) is 87.1 cm³/mol. The van der Waals surface area contributed by atoms with Crippen LogP contribution in [-0.2, 0) is 4.79 Å². The molecule has 1 N–H and O–H groups in total. The molecule has 0 unspecified atom stereocenters. The molecule has 1 aliphatic carbocycles. The highest BCUT2D eigenvalue weighted by Gasteiger charge is 2.55. The molecule has 1 saturated carbocycles. The molecule has 2 heterocycles. The summed E-state index contributed by atoms with van der Waals surface area (Å²) in [4.78, 5) is 22.9. The summed E-state index contributed by atoms with van der Waals surface area (Å²) in [6.45, 7) is 1.33. The van der Waals surface area contributed by atoms with Crippen LogP contribution in [-0.4, -0.2) is 34.1 Å². The first-order chi connectivity index (χ1) is 11.2. The fraction of sp³-hybridized carbons (Fsp3) is 0.389. The van der Waals surface area contributed by atoms with Gasteiger partial charge in [0.2, 0.25) is 0 Å². The summed E-state index contributed by atoms with van der Waals surface area (Å²) in [7, 11) is 0. The number of hydrogen-bond donors (Lipinski definition) is 1. The third-order valence-electron chi connectivity index (χ3n) is 5.29. The fourth-order valence-corrected chi connectivity index (χ4v) is 4.06. The molecular formula is C18H19N3O2. The first-order valence-corrected chi connectivity index (χ1v) is 8.06. The number of aliphatic carboxylic acids is 1. The van der Waals surface area contributed by atoms with Crippen molar-refractivity contribution < 1.29 is 9.90 Å². The average Bonchev–Trinajstić information content (AvgIpc) is 3.14. The van der Waals surface area contributed by atoms with Gasteiger partial charge in [-0.3, -0.25) is 4.79 Å². The van der Waals surface area contributed by atoms with Crippen LogP contribution < -0.4 is 4.90 Å². The molecule has 1 aromatic heterocycles. The van der Waals surface area contributed by atoms with Gasteiger partial charge in [0.05, 0.1) is 5.41 Å². The smallest absolute Gasteiger partial charge is 0.311 e. The topological polar surface area (TPSA) is 66.3 Å². The lowest BCUT2D eigenvalue weighted by Gasteiger charge is -2.23. The van der Waals surface area contributed by atoms with E-state index < -0.39 is 11.4 Å². The van der Waals surface area contributed by atoms with E-state index in [1.165, 1.54) is 0 Å². The van der Waals surface area contributed by atoms with Gasteiger partial charge in [0, 0.05) is 24.8 Å². The van der Waals surface area contributed by atoms with Gasteiger partial charge < -0.3 is 10.0 Å². The highest BCUT2D eigenvalue weighted by atomic mass is 16.4. The van der Waals surface area contributed by atoms with E-state index in [9.17, 15) is 9.90 Å². The molecule has 2 aliphatic rings. The molecule has 2 atom stereocenters. The second kappa shape index (κ2) is 5.33. The first kappa shape index (κ1) is 14.2. The number of anilines is 1. The summed E-state index contributed by atoms with van der Waals surface area (Å²) in [5, 5.41) is 9.71. The number of carbonyl (C=O) groups is 1. The van der Waals surface area contributed by atoms with Gasteiger partial charge in [0.25, 0.3) is 0 Å². The predicted octanol–water partition coefficient (Wildman–Crippen LogP) is 2.83. The number of fused-ring (bicyclic) bond motifs is 1.